The van der Waals surface area contributed by atoms with Gasteiger partial charge in [-0.05, 0) is 24.3 Å². The smallest absolute Gasteiger partial charge is 0.345 e. The number of ether oxygens (including phenoxy) is 3. The number of esters is 1. The lowest BCUT2D eigenvalue weighted by atomic mass is 10.2. The van der Waals surface area contributed by atoms with Crippen LogP contribution in [0.3, 0.4) is 0 Å². The maximum atomic E-state index is 12.0. The summed E-state index contributed by atoms with van der Waals surface area (Å²) in [5.41, 5.74) is -0.785. The molecule has 146 valence electrons. The van der Waals surface area contributed by atoms with E-state index in [0.29, 0.717) is 11.5 Å². The highest BCUT2D eigenvalue weighted by Gasteiger charge is 2.24. The number of nitro benzene ring substituents is 1. The molecular weight excluding hydrogens is 392 g/mol. The van der Waals surface area contributed by atoms with Crippen molar-refractivity contribution >= 4 is 29.2 Å². The Labute approximate surface area is 164 Å². The van der Waals surface area contributed by atoms with Crippen molar-refractivity contribution in [1.82, 2.24) is 5.32 Å². The Morgan fingerprint density at radius 2 is 2.00 bits per heavy atom. The van der Waals surface area contributed by atoms with E-state index in [1.807, 2.05) is 6.07 Å². The van der Waals surface area contributed by atoms with Gasteiger partial charge in [0.25, 0.3) is 11.6 Å². The first kappa shape index (κ1) is 19.4. The van der Waals surface area contributed by atoms with E-state index in [2.05, 4.69) is 5.32 Å². The van der Waals surface area contributed by atoms with Gasteiger partial charge < -0.3 is 19.5 Å². The molecule has 10 heteroatoms. The van der Waals surface area contributed by atoms with Crippen LogP contribution in [0, 0.1) is 10.1 Å². The van der Waals surface area contributed by atoms with Gasteiger partial charge in [0.15, 0.2) is 18.1 Å². The minimum Gasteiger partial charge on any atom is -0.486 e. The van der Waals surface area contributed by atoms with Crippen molar-refractivity contribution in [3.8, 4) is 11.5 Å². The summed E-state index contributed by atoms with van der Waals surface area (Å²) in [4.78, 5) is 34.2. The van der Waals surface area contributed by atoms with Crippen molar-refractivity contribution < 1.29 is 28.7 Å². The number of carbonyl (C=O) groups is 2. The van der Waals surface area contributed by atoms with E-state index in [9.17, 15) is 19.7 Å². The zero-order chi connectivity index (χ0) is 20.1. The number of nitro groups is 1. The summed E-state index contributed by atoms with van der Waals surface area (Å²) in [5, 5.41) is 13.7. The van der Waals surface area contributed by atoms with Gasteiger partial charge in [-0.15, -0.1) is 0 Å². The predicted molar refractivity (Wildman–Crippen MR) is 97.8 cm³/mol. The van der Waals surface area contributed by atoms with Crippen LogP contribution in [0.1, 0.15) is 10.4 Å². The molecule has 28 heavy (non-hydrogen) atoms. The van der Waals surface area contributed by atoms with E-state index in [0.717, 1.165) is 6.07 Å². The monoisotopic (exact) mass is 406 g/mol. The second-order valence-electron chi connectivity index (χ2n) is 5.80. The molecule has 2 aromatic carbocycles. The van der Waals surface area contributed by atoms with Gasteiger partial charge in [0.1, 0.15) is 18.3 Å². The standard InChI is InChI=1S/C18H15ClN2O7/c19-11-5-6-13(14(7-11)21(24)25)18(23)27-10-17(22)20-8-12-9-26-15-3-1-2-4-16(15)28-12/h1-7,12H,8-10H2,(H,20,22)/t12-/m1/s1. The van der Waals surface area contributed by atoms with Crippen molar-refractivity contribution in [2.75, 3.05) is 19.8 Å². The van der Waals surface area contributed by atoms with Crippen molar-refractivity contribution in [3.05, 3.63) is 63.2 Å². The summed E-state index contributed by atoms with van der Waals surface area (Å²) >= 11 is 5.70. The largest absolute Gasteiger partial charge is 0.486 e. The van der Waals surface area contributed by atoms with Crippen LogP contribution < -0.4 is 14.8 Å². The second kappa shape index (κ2) is 8.57. The average molecular weight is 407 g/mol. The Balaban J connectivity index is 1.49. The molecule has 0 fully saturated rings. The number of amides is 1. The highest BCUT2D eigenvalue weighted by Crippen LogP contribution is 2.30. The Hall–Kier alpha value is -3.33. The molecule has 0 aliphatic carbocycles. The number of carbonyl (C=O) groups excluding carboxylic acids is 2. The van der Waals surface area contributed by atoms with Crippen molar-refractivity contribution in [2.45, 2.75) is 6.10 Å². The third-order valence-corrected chi connectivity index (χ3v) is 4.04. The molecule has 1 aliphatic heterocycles. The van der Waals surface area contributed by atoms with Crippen LogP contribution in [-0.4, -0.2) is 42.7 Å². The summed E-state index contributed by atoms with van der Waals surface area (Å²) in [6.07, 6.45) is -0.396. The molecule has 0 radical (unpaired) electrons. The average Bonchev–Trinajstić information content (AvgIpc) is 2.70. The first-order chi connectivity index (χ1) is 13.4. The predicted octanol–water partition coefficient (Wildman–Crippen LogP) is 2.36. The Bertz CT molecular complexity index is 919. The minimum atomic E-state index is -0.996. The van der Waals surface area contributed by atoms with Crippen molar-refractivity contribution in [2.24, 2.45) is 0 Å². The number of rotatable bonds is 6. The summed E-state index contributed by atoms with van der Waals surface area (Å²) in [6.45, 7) is -0.192. The number of nitrogens with zero attached hydrogens (tertiary/aromatic N) is 1. The first-order valence-corrected chi connectivity index (χ1v) is 8.58. The number of hydrogen-bond donors (Lipinski definition) is 1. The lowest BCUT2D eigenvalue weighted by Gasteiger charge is -2.26. The van der Waals surface area contributed by atoms with E-state index in [4.69, 9.17) is 25.8 Å². The number of para-hydroxylation sites is 2. The van der Waals surface area contributed by atoms with E-state index in [1.54, 1.807) is 18.2 Å². The van der Waals surface area contributed by atoms with Crippen LogP contribution in [0.2, 0.25) is 5.02 Å². The summed E-state index contributed by atoms with van der Waals surface area (Å²) in [6, 6.07) is 10.7. The van der Waals surface area contributed by atoms with Crippen LogP contribution in [0.4, 0.5) is 5.69 Å². The summed E-state index contributed by atoms with van der Waals surface area (Å²) in [5.74, 6) is -0.366. The summed E-state index contributed by atoms with van der Waals surface area (Å²) < 4.78 is 16.1. The van der Waals surface area contributed by atoms with E-state index < -0.39 is 35.2 Å². The third-order valence-electron chi connectivity index (χ3n) is 3.81. The normalized spacial score (nSPS) is 14.8. The quantitative estimate of drug-likeness (QED) is 0.444. The molecule has 0 unspecified atom stereocenters. The van der Waals surface area contributed by atoms with Crippen LogP contribution in [-0.2, 0) is 9.53 Å². The highest BCUT2D eigenvalue weighted by atomic mass is 35.5. The molecular formula is C18H15ClN2O7. The van der Waals surface area contributed by atoms with Gasteiger partial charge in [0.2, 0.25) is 0 Å². The molecule has 0 bridgehead atoms. The number of fused-ring (bicyclic) bond motifs is 1. The molecule has 1 aliphatic rings. The van der Waals surface area contributed by atoms with Crippen molar-refractivity contribution in [3.63, 3.8) is 0 Å². The molecule has 1 heterocycles. The van der Waals surface area contributed by atoms with E-state index >= 15 is 0 Å². The van der Waals surface area contributed by atoms with Gasteiger partial charge in [0, 0.05) is 11.1 Å². The molecule has 0 aromatic heterocycles. The van der Waals surface area contributed by atoms with Gasteiger partial charge in [0.05, 0.1) is 11.5 Å². The number of nitrogens with one attached hydrogen (secondary N) is 1. The SMILES string of the molecule is O=C(COC(=O)c1ccc(Cl)cc1[N+](=O)[O-])NC[C@@H]1COc2ccccc2O1. The van der Waals surface area contributed by atoms with Crippen LogP contribution in [0.25, 0.3) is 0 Å². The zero-order valence-corrected chi connectivity index (χ0v) is 15.2. The Morgan fingerprint density at radius 1 is 1.25 bits per heavy atom. The van der Waals surface area contributed by atoms with Crippen molar-refractivity contribution in [1.29, 1.82) is 0 Å². The van der Waals surface area contributed by atoms with Gasteiger partial charge >= 0.3 is 5.97 Å². The maximum absolute atomic E-state index is 12.0. The zero-order valence-electron chi connectivity index (χ0n) is 14.4. The van der Waals surface area contributed by atoms with Crippen LogP contribution in [0.15, 0.2) is 42.5 Å². The number of hydrogen-bond acceptors (Lipinski definition) is 7. The lowest BCUT2D eigenvalue weighted by molar-refractivity contribution is -0.385. The van der Waals surface area contributed by atoms with Gasteiger partial charge in [-0.3, -0.25) is 14.9 Å². The third kappa shape index (κ3) is 4.68. The fraction of sp³-hybridized carbons (Fsp3) is 0.222. The molecule has 1 atom stereocenters. The van der Waals surface area contributed by atoms with Gasteiger partial charge in [-0.1, -0.05) is 23.7 Å². The Morgan fingerprint density at radius 3 is 2.75 bits per heavy atom. The molecule has 2 aromatic rings. The fourth-order valence-corrected chi connectivity index (χ4v) is 2.65. The van der Waals surface area contributed by atoms with E-state index in [-0.39, 0.29) is 23.7 Å². The van der Waals surface area contributed by atoms with Crippen LogP contribution in [0.5, 0.6) is 11.5 Å². The molecule has 0 spiro atoms. The summed E-state index contributed by atoms with van der Waals surface area (Å²) in [7, 11) is 0. The van der Waals surface area contributed by atoms with Crippen LogP contribution >= 0.6 is 11.6 Å². The highest BCUT2D eigenvalue weighted by molar-refractivity contribution is 6.31. The lowest BCUT2D eigenvalue weighted by Crippen LogP contribution is -2.42. The fourth-order valence-electron chi connectivity index (χ4n) is 2.48. The Kier molecular flexibility index (Phi) is 5.95. The first-order valence-electron chi connectivity index (χ1n) is 8.20. The molecule has 0 saturated carbocycles. The second-order valence-corrected chi connectivity index (χ2v) is 6.23. The topological polar surface area (TPSA) is 117 Å². The molecule has 9 nitrogen and oxygen atoms in total. The van der Waals surface area contributed by atoms with Gasteiger partial charge in [-0.2, -0.15) is 0 Å². The number of benzene rings is 2. The maximum Gasteiger partial charge on any atom is 0.345 e. The molecule has 1 amide bonds. The molecule has 0 saturated heterocycles. The molecule has 3 rings (SSSR count). The number of halogens is 1. The van der Waals surface area contributed by atoms with E-state index in [1.165, 1.54) is 12.1 Å². The van der Waals surface area contributed by atoms with Gasteiger partial charge in [-0.25, -0.2) is 4.79 Å². The minimum absolute atomic E-state index is 0.109. The molecule has 1 N–H and O–H groups in total.